The van der Waals surface area contributed by atoms with E-state index < -0.39 is 0 Å². The molecule has 3 saturated carbocycles. The molecule has 1 N–H and O–H groups in total. The van der Waals surface area contributed by atoms with Crippen molar-refractivity contribution in [3.05, 3.63) is 11.6 Å². The maximum atomic E-state index is 12.3. The highest BCUT2D eigenvalue weighted by atomic mass is 16.5. The molecule has 4 rings (SSSR count). The second-order valence-corrected chi connectivity index (χ2v) is 9.51. The van der Waals surface area contributed by atoms with Crippen LogP contribution in [0.4, 0.5) is 0 Å². The number of amides is 1. The van der Waals surface area contributed by atoms with Gasteiger partial charge in [-0.3, -0.25) is 4.79 Å². The van der Waals surface area contributed by atoms with Crippen LogP contribution in [-0.2, 0) is 9.53 Å². The summed E-state index contributed by atoms with van der Waals surface area (Å²) in [6.07, 6.45) is 8.13. The first-order chi connectivity index (χ1) is 11.8. The first-order valence-electron chi connectivity index (χ1n) is 9.98. The minimum absolute atomic E-state index is 0.0464. The third-order valence-corrected chi connectivity index (χ3v) is 8.51. The minimum atomic E-state index is -0.297. The standard InChI is InChI=1S/C21H33NO3/c1-20-9-10-22(3)18(24)11-13(20)5-6-14-15-7-8-17(25-4)21(15,2)12-16(23)19(14)20/h11,14-17,19,23H,5-10,12H2,1-4H3/t14?,15?,16-,17-,19?,20-,21-/m0/s1. The number of methoxy groups -OCH3 is 1. The zero-order valence-corrected chi connectivity index (χ0v) is 16.1. The monoisotopic (exact) mass is 347 g/mol. The van der Waals surface area contributed by atoms with E-state index in [4.69, 9.17) is 4.74 Å². The number of likely N-dealkylation sites (N-methyl/N-ethyl adjacent to an activating group) is 1. The van der Waals surface area contributed by atoms with Crippen molar-refractivity contribution in [2.24, 2.45) is 28.6 Å². The summed E-state index contributed by atoms with van der Waals surface area (Å²) in [6, 6.07) is 0. The van der Waals surface area contributed by atoms with Crippen LogP contribution in [0.15, 0.2) is 11.6 Å². The van der Waals surface area contributed by atoms with Gasteiger partial charge in [0.2, 0.25) is 5.91 Å². The lowest BCUT2D eigenvalue weighted by Crippen LogP contribution is -2.56. The van der Waals surface area contributed by atoms with Gasteiger partial charge in [0.25, 0.3) is 0 Å². The van der Waals surface area contributed by atoms with E-state index in [2.05, 4.69) is 13.8 Å². The number of allylic oxidation sites excluding steroid dienone is 1. The third-order valence-electron chi connectivity index (χ3n) is 8.51. The lowest BCUT2D eigenvalue weighted by atomic mass is 9.47. The summed E-state index contributed by atoms with van der Waals surface area (Å²) in [5, 5.41) is 11.3. The van der Waals surface area contributed by atoms with Crippen LogP contribution < -0.4 is 0 Å². The van der Waals surface area contributed by atoms with Crippen LogP contribution in [-0.4, -0.2) is 48.8 Å². The molecule has 3 aliphatic carbocycles. The molecule has 7 atom stereocenters. The Kier molecular flexibility index (Phi) is 4.08. The number of nitrogens with zero attached hydrogens (tertiary/aromatic N) is 1. The lowest BCUT2D eigenvalue weighted by molar-refractivity contribution is -0.143. The second-order valence-electron chi connectivity index (χ2n) is 9.51. The summed E-state index contributed by atoms with van der Waals surface area (Å²) in [6.45, 7) is 5.45. The SMILES string of the molecule is CO[C@H]1CCC2C3CCC4=CC(=O)N(C)CC[C@]4(C)C3[C@@H](O)C[C@@]21C. The number of carbonyl (C=O) groups excluding carboxylic acids is 1. The number of fused-ring (bicyclic) bond motifs is 5. The molecule has 3 fully saturated rings. The maximum Gasteiger partial charge on any atom is 0.246 e. The van der Waals surface area contributed by atoms with Crippen LogP contribution in [0.5, 0.6) is 0 Å². The molecule has 1 amide bonds. The van der Waals surface area contributed by atoms with Gasteiger partial charge < -0.3 is 14.7 Å². The van der Waals surface area contributed by atoms with Crippen LogP contribution >= 0.6 is 0 Å². The van der Waals surface area contributed by atoms with Crippen LogP contribution in [0.3, 0.4) is 0 Å². The van der Waals surface area contributed by atoms with Gasteiger partial charge in [0.05, 0.1) is 12.2 Å². The fraction of sp³-hybridized carbons (Fsp3) is 0.857. The Morgan fingerprint density at radius 1 is 1.28 bits per heavy atom. The number of hydrogen-bond donors (Lipinski definition) is 1. The normalized spacial score (nSPS) is 49.8. The lowest BCUT2D eigenvalue weighted by Gasteiger charge is -2.58. The van der Waals surface area contributed by atoms with Gasteiger partial charge >= 0.3 is 0 Å². The molecule has 1 heterocycles. The Morgan fingerprint density at radius 3 is 2.76 bits per heavy atom. The quantitative estimate of drug-likeness (QED) is 0.793. The van der Waals surface area contributed by atoms with E-state index in [9.17, 15) is 9.90 Å². The number of ether oxygens (including phenoxy) is 1. The van der Waals surface area contributed by atoms with E-state index in [-0.39, 0.29) is 34.9 Å². The van der Waals surface area contributed by atoms with Gasteiger partial charge in [-0.25, -0.2) is 0 Å². The summed E-state index contributed by atoms with van der Waals surface area (Å²) in [5.74, 6) is 1.60. The van der Waals surface area contributed by atoms with E-state index >= 15 is 0 Å². The Balaban J connectivity index is 1.72. The number of hydrogen-bond acceptors (Lipinski definition) is 3. The van der Waals surface area contributed by atoms with Gasteiger partial charge in [0.15, 0.2) is 0 Å². The van der Waals surface area contributed by atoms with Crippen LogP contribution in [0.1, 0.15) is 52.4 Å². The summed E-state index contributed by atoms with van der Waals surface area (Å²) < 4.78 is 5.82. The van der Waals surface area contributed by atoms with E-state index in [0.717, 1.165) is 38.6 Å². The van der Waals surface area contributed by atoms with Gasteiger partial charge in [-0.2, -0.15) is 0 Å². The smallest absolute Gasteiger partial charge is 0.246 e. The number of aliphatic hydroxyl groups is 1. The Hall–Kier alpha value is -0.870. The fourth-order valence-electron chi connectivity index (χ4n) is 7.15. The van der Waals surface area contributed by atoms with E-state index in [1.165, 1.54) is 12.0 Å². The first-order valence-corrected chi connectivity index (χ1v) is 9.98. The molecular weight excluding hydrogens is 314 g/mol. The molecule has 4 aliphatic rings. The molecule has 0 aromatic rings. The van der Waals surface area contributed by atoms with Gasteiger partial charge in [-0.15, -0.1) is 0 Å². The van der Waals surface area contributed by atoms with Crippen molar-refractivity contribution in [2.45, 2.75) is 64.6 Å². The molecule has 25 heavy (non-hydrogen) atoms. The van der Waals surface area contributed by atoms with Crippen LogP contribution in [0.25, 0.3) is 0 Å². The summed E-state index contributed by atoms with van der Waals surface area (Å²) in [4.78, 5) is 14.2. The average molecular weight is 347 g/mol. The van der Waals surface area contributed by atoms with E-state index in [1.54, 1.807) is 0 Å². The molecule has 0 saturated heterocycles. The van der Waals surface area contributed by atoms with Crippen molar-refractivity contribution in [1.29, 1.82) is 0 Å². The van der Waals surface area contributed by atoms with Gasteiger partial charge in [0, 0.05) is 26.8 Å². The van der Waals surface area contributed by atoms with E-state index in [1.807, 2.05) is 25.1 Å². The maximum absolute atomic E-state index is 12.3. The highest BCUT2D eigenvalue weighted by Gasteiger charge is 2.62. The summed E-state index contributed by atoms with van der Waals surface area (Å²) in [5.41, 5.74) is 1.34. The highest BCUT2D eigenvalue weighted by molar-refractivity contribution is 5.88. The highest BCUT2D eigenvalue weighted by Crippen LogP contribution is 2.65. The van der Waals surface area contributed by atoms with Crippen molar-refractivity contribution in [3.8, 4) is 0 Å². The molecule has 4 heteroatoms. The Labute approximate surface area is 151 Å². The average Bonchev–Trinajstić information content (AvgIpc) is 2.84. The molecule has 0 radical (unpaired) electrons. The predicted octanol–water partition coefficient (Wildman–Crippen LogP) is 3.00. The Morgan fingerprint density at radius 2 is 2.04 bits per heavy atom. The second kappa shape index (κ2) is 5.82. The molecule has 3 unspecified atom stereocenters. The topological polar surface area (TPSA) is 49.8 Å². The third kappa shape index (κ3) is 2.36. The zero-order chi connectivity index (χ0) is 18.0. The first kappa shape index (κ1) is 17.5. The summed E-state index contributed by atoms with van der Waals surface area (Å²) in [7, 11) is 3.72. The molecule has 0 spiro atoms. The van der Waals surface area contributed by atoms with Gasteiger partial charge in [-0.05, 0) is 67.1 Å². The van der Waals surface area contributed by atoms with Crippen LogP contribution in [0, 0.1) is 28.6 Å². The number of rotatable bonds is 1. The van der Waals surface area contributed by atoms with Crippen molar-refractivity contribution in [3.63, 3.8) is 0 Å². The van der Waals surface area contributed by atoms with Crippen molar-refractivity contribution >= 4 is 5.91 Å². The van der Waals surface area contributed by atoms with Gasteiger partial charge in [0.1, 0.15) is 0 Å². The molecule has 0 bridgehead atoms. The van der Waals surface area contributed by atoms with Crippen molar-refractivity contribution < 1.29 is 14.6 Å². The molecule has 0 aromatic heterocycles. The number of carbonyl (C=O) groups is 1. The van der Waals surface area contributed by atoms with Crippen molar-refractivity contribution in [2.75, 3.05) is 20.7 Å². The summed E-state index contributed by atoms with van der Waals surface area (Å²) >= 11 is 0. The molecule has 1 aliphatic heterocycles. The molecule has 0 aromatic carbocycles. The zero-order valence-electron chi connectivity index (χ0n) is 16.1. The number of aliphatic hydroxyl groups excluding tert-OH is 1. The minimum Gasteiger partial charge on any atom is -0.393 e. The molecular formula is C21H33NO3. The Bertz CT molecular complexity index is 602. The van der Waals surface area contributed by atoms with Gasteiger partial charge in [-0.1, -0.05) is 19.4 Å². The van der Waals surface area contributed by atoms with Crippen LogP contribution in [0.2, 0.25) is 0 Å². The largest absolute Gasteiger partial charge is 0.393 e. The predicted molar refractivity (Wildman–Crippen MR) is 96.9 cm³/mol. The fourth-order valence-corrected chi connectivity index (χ4v) is 7.15. The van der Waals surface area contributed by atoms with E-state index in [0.29, 0.717) is 11.8 Å². The van der Waals surface area contributed by atoms with Crippen molar-refractivity contribution in [1.82, 2.24) is 4.90 Å². The molecule has 4 nitrogen and oxygen atoms in total. The molecule has 140 valence electrons.